The van der Waals surface area contributed by atoms with Crippen molar-refractivity contribution >= 4 is 0 Å². The summed E-state index contributed by atoms with van der Waals surface area (Å²) in [5.74, 6) is 1.90. The Bertz CT molecular complexity index is 661. The van der Waals surface area contributed by atoms with Gasteiger partial charge >= 0.3 is 0 Å². The van der Waals surface area contributed by atoms with Gasteiger partial charge in [0.05, 0.1) is 19.3 Å². The van der Waals surface area contributed by atoms with E-state index in [1.165, 1.54) is 18.4 Å². The number of hydrogen-bond acceptors (Lipinski definition) is 4. The van der Waals surface area contributed by atoms with E-state index in [1.807, 2.05) is 6.07 Å². The SMILES string of the molecule is Cc1ccc(-c2ccc(CNCC3CN(C4CC4)CCO3)o2)cc1. The quantitative estimate of drug-likeness (QED) is 0.884. The van der Waals surface area contributed by atoms with Crippen LogP contribution in [0.15, 0.2) is 40.8 Å². The third kappa shape index (κ3) is 3.89. The van der Waals surface area contributed by atoms with Crippen LogP contribution in [0.3, 0.4) is 0 Å². The lowest BCUT2D eigenvalue weighted by atomic mass is 10.1. The average Bonchev–Trinajstić information content (AvgIpc) is 3.35. The summed E-state index contributed by atoms with van der Waals surface area (Å²) >= 11 is 0. The molecule has 1 saturated heterocycles. The zero-order valence-corrected chi connectivity index (χ0v) is 14.3. The summed E-state index contributed by atoms with van der Waals surface area (Å²) < 4.78 is 11.8. The zero-order chi connectivity index (χ0) is 16.4. The van der Waals surface area contributed by atoms with E-state index in [0.29, 0.717) is 6.10 Å². The van der Waals surface area contributed by atoms with Crippen molar-refractivity contribution in [1.29, 1.82) is 0 Å². The Morgan fingerprint density at radius 3 is 2.75 bits per heavy atom. The number of rotatable bonds is 6. The Labute approximate surface area is 143 Å². The fourth-order valence-electron chi connectivity index (χ4n) is 3.34. The van der Waals surface area contributed by atoms with Crippen LogP contribution in [0.2, 0.25) is 0 Å². The highest BCUT2D eigenvalue weighted by Crippen LogP contribution is 2.28. The predicted molar refractivity (Wildman–Crippen MR) is 94.9 cm³/mol. The van der Waals surface area contributed by atoms with E-state index in [0.717, 1.165) is 55.9 Å². The van der Waals surface area contributed by atoms with Gasteiger partial charge in [-0.25, -0.2) is 0 Å². The summed E-state index contributed by atoms with van der Waals surface area (Å²) in [5.41, 5.74) is 2.39. The summed E-state index contributed by atoms with van der Waals surface area (Å²) in [4.78, 5) is 2.58. The summed E-state index contributed by atoms with van der Waals surface area (Å²) in [5, 5.41) is 3.48. The molecule has 4 nitrogen and oxygen atoms in total. The molecule has 2 fully saturated rings. The molecular weight excluding hydrogens is 300 g/mol. The molecule has 0 radical (unpaired) electrons. The van der Waals surface area contributed by atoms with Gasteiger partial charge in [-0.15, -0.1) is 0 Å². The molecule has 1 atom stereocenters. The van der Waals surface area contributed by atoms with Crippen LogP contribution < -0.4 is 5.32 Å². The lowest BCUT2D eigenvalue weighted by Gasteiger charge is -2.33. The second-order valence-corrected chi connectivity index (χ2v) is 6.98. The first-order chi connectivity index (χ1) is 11.8. The van der Waals surface area contributed by atoms with Crippen molar-refractivity contribution in [2.75, 3.05) is 26.2 Å². The molecule has 2 aromatic rings. The summed E-state index contributed by atoms with van der Waals surface area (Å²) in [6, 6.07) is 13.4. The van der Waals surface area contributed by atoms with Gasteiger partial charge in [-0.05, 0) is 31.9 Å². The van der Waals surface area contributed by atoms with Crippen molar-refractivity contribution < 1.29 is 9.15 Å². The Hall–Kier alpha value is -1.62. The van der Waals surface area contributed by atoms with Crippen LogP contribution in [0.4, 0.5) is 0 Å². The summed E-state index contributed by atoms with van der Waals surface area (Å²) in [6.45, 7) is 6.74. The molecule has 0 bridgehead atoms. The molecule has 1 aliphatic heterocycles. The van der Waals surface area contributed by atoms with Crippen molar-refractivity contribution in [2.45, 2.75) is 38.5 Å². The molecule has 2 aliphatic rings. The molecule has 24 heavy (non-hydrogen) atoms. The lowest BCUT2D eigenvalue weighted by molar-refractivity contribution is -0.0302. The molecule has 1 aliphatic carbocycles. The zero-order valence-electron chi connectivity index (χ0n) is 14.3. The first-order valence-electron chi connectivity index (χ1n) is 9.00. The van der Waals surface area contributed by atoms with Crippen molar-refractivity contribution in [3.05, 3.63) is 47.7 Å². The topological polar surface area (TPSA) is 37.6 Å². The Morgan fingerprint density at radius 2 is 1.96 bits per heavy atom. The molecular formula is C20H26N2O2. The number of morpholine rings is 1. The fourth-order valence-corrected chi connectivity index (χ4v) is 3.34. The number of nitrogens with zero attached hydrogens (tertiary/aromatic N) is 1. The molecule has 0 amide bonds. The van der Waals surface area contributed by atoms with E-state index in [4.69, 9.17) is 9.15 Å². The van der Waals surface area contributed by atoms with Crippen LogP contribution in [0, 0.1) is 6.92 Å². The predicted octanol–water partition coefficient (Wildman–Crippen LogP) is 3.21. The van der Waals surface area contributed by atoms with Gasteiger partial charge in [0.2, 0.25) is 0 Å². The van der Waals surface area contributed by atoms with Gasteiger partial charge in [-0.2, -0.15) is 0 Å². The Balaban J connectivity index is 1.26. The minimum absolute atomic E-state index is 0.297. The van der Waals surface area contributed by atoms with E-state index in [9.17, 15) is 0 Å². The first kappa shape index (κ1) is 15.9. The maximum atomic E-state index is 5.95. The highest BCUT2D eigenvalue weighted by molar-refractivity contribution is 5.57. The molecule has 4 rings (SSSR count). The Kier molecular flexibility index (Phi) is 4.69. The number of nitrogens with one attached hydrogen (secondary N) is 1. The molecule has 2 heterocycles. The normalized spacial score (nSPS) is 22.0. The molecule has 1 unspecified atom stereocenters. The van der Waals surface area contributed by atoms with Crippen LogP contribution in [0.5, 0.6) is 0 Å². The number of hydrogen-bond donors (Lipinski definition) is 1. The van der Waals surface area contributed by atoms with E-state index in [2.05, 4.69) is 47.5 Å². The van der Waals surface area contributed by atoms with Gasteiger partial charge in [0.15, 0.2) is 0 Å². The van der Waals surface area contributed by atoms with Gasteiger partial charge in [0.25, 0.3) is 0 Å². The second-order valence-electron chi connectivity index (χ2n) is 6.98. The highest BCUT2D eigenvalue weighted by Gasteiger charge is 2.32. The van der Waals surface area contributed by atoms with Crippen LogP contribution in [0.1, 0.15) is 24.2 Å². The van der Waals surface area contributed by atoms with Crippen molar-refractivity contribution in [2.24, 2.45) is 0 Å². The summed E-state index contributed by atoms with van der Waals surface area (Å²) in [7, 11) is 0. The molecule has 4 heteroatoms. The van der Waals surface area contributed by atoms with Crippen LogP contribution in [-0.2, 0) is 11.3 Å². The molecule has 1 N–H and O–H groups in total. The third-order valence-electron chi connectivity index (χ3n) is 4.90. The van der Waals surface area contributed by atoms with E-state index >= 15 is 0 Å². The van der Waals surface area contributed by atoms with Crippen molar-refractivity contribution in [3.63, 3.8) is 0 Å². The molecule has 1 aromatic heterocycles. The first-order valence-corrected chi connectivity index (χ1v) is 9.00. The molecule has 0 spiro atoms. The summed E-state index contributed by atoms with van der Waals surface area (Å²) in [6.07, 6.45) is 3.04. The monoisotopic (exact) mass is 326 g/mol. The van der Waals surface area contributed by atoms with Gasteiger partial charge in [0.1, 0.15) is 11.5 Å². The molecule has 1 saturated carbocycles. The molecule has 1 aromatic carbocycles. The smallest absolute Gasteiger partial charge is 0.134 e. The van der Waals surface area contributed by atoms with Crippen LogP contribution >= 0.6 is 0 Å². The van der Waals surface area contributed by atoms with Crippen molar-refractivity contribution in [1.82, 2.24) is 10.2 Å². The van der Waals surface area contributed by atoms with Crippen molar-refractivity contribution in [3.8, 4) is 11.3 Å². The van der Waals surface area contributed by atoms with Gasteiger partial charge in [-0.1, -0.05) is 29.8 Å². The van der Waals surface area contributed by atoms with Crippen LogP contribution in [-0.4, -0.2) is 43.3 Å². The maximum Gasteiger partial charge on any atom is 0.134 e. The number of benzene rings is 1. The Morgan fingerprint density at radius 1 is 1.12 bits per heavy atom. The number of ether oxygens (including phenoxy) is 1. The van der Waals surface area contributed by atoms with Crippen LogP contribution in [0.25, 0.3) is 11.3 Å². The third-order valence-corrected chi connectivity index (χ3v) is 4.90. The number of furan rings is 1. The van der Waals surface area contributed by atoms with E-state index in [-0.39, 0.29) is 0 Å². The van der Waals surface area contributed by atoms with Gasteiger partial charge < -0.3 is 14.5 Å². The lowest BCUT2D eigenvalue weighted by Crippen LogP contribution is -2.47. The van der Waals surface area contributed by atoms with E-state index < -0.39 is 0 Å². The minimum atomic E-state index is 0.297. The largest absolute Gasteiger partial charge is 0.460 e. The standard InChI is InChI=1S/C20H26N2O2/c1-15-2-4-16(5-3-15)20-9-8-18(24-20)12-21-13-19-14-22(10-11-23-19)17-6-7-17/h2-5,8-9,17,19,21H,6-7,10-14H2,1H3. The second kappa shape index (κ2) is 7.09. The number of aryl methyl sites for hydroxylation is 1. The molecule has 128 valence electrons. The average molecular weight is 326 g/mol. The minimum Gasteiger partial charge on any atom is -0.460 e. The van der Waals surface area contributed by atoms with Gasteiger partial charge in [0, 0.05) is 31.2 Å². The van der Waals surface area contributed by atoms with Gasteiger partial charge in [-0.3, -0.25) is 4.90 Å². The highest BCUT2D eigenvalue weighted by atomic mass is 16.5. The fraction of sp³-hybridized carbons (Fsp3) is 0.500. The maximum absolute atomic E-state index is 5.95. The van der Waals surface area contributed by atoms with E-state index in [1.54, 1.807) is 0 Å².